The number of para-hydroxylation sites is 2. The van der Waals surface area contributed by atoms with Gasteiger partial charge in [-0.05, 0) is 60.7 Å². The minimum atomic E-state index is 0.800. The van der Waals surface area contributed by atoms with Crippen LogP contribution in [0.15, 0.2) is 170 Å². The summed E-state index contributed by atoms with van der Waals surface area (Å²) in [5.74, 6) is 1.60. The van der Waals surface area contributed by atoms with Gasteiger partial charge in [0.25, 0.3) is 0 Å². The highest BCUT2D eigenvalue weighted by Crippen LogP contribution is 2.37. The van der Waals surface area contributed by atoms with Gasteiger partial charge >= 0.3 is 0 Å². The Morgan fingerprint density at radius 1 is 0.386 bits per heavy atom. The Bertz CT molecular complexity index is 2080. The Morgan fingerprint density at radius 3 is 1.34 bits per heavy atom. The van der Waals surface area contributed by atoms with Gasteiger partial charge in [-0.25, -0.2) is 9.97 Å². The van der Waals surface area contributed by atoms with Crippen molar-refractivity contribution in [2.45, 2.75) is 0 Å². The average molecular weight is 565 g/mol. The van der Waals surface area contributed by atoms with Gasteiger partial charge in [0.05, 0.1) is 22.4 Å². The molecule has 0 N–H and O–H groups in total. The van der Waals surface area contributed by atoms with Gasteiger partial charge in [0.2, 0.25) is 0 Å². The van der Waals surface area contributed by atoms with Crippen LogP contribution < -0.4 is 4.90 Å². The molecule has 0 saturated heterocycles. The lowest BCUT2D eigenvalue weighted by molar-refractivity contribution is 1.12. The number of fused-ring (bicyclic) bond motifs is 3. The molecule has 0 aliphatic rings. The third-order valence-corrected chi connectivity index (χ3v) is 8.01. The Hall–Kier alpha value is -6.00. The molecule has 0 fully saturated rings. The number of hydrogen-bond donors (Lipinski definition) is 0. The minimum Gasteiger partial charge on any atom is -0.309 e. The van der Waals surface area contributed by atoms with Crippen molar-refractivity contribution in [1.29, 1.82) is 0 Å². The van der Waals surface area contributed by atoms with Gasteiger partial charge in [0.15, 0.2) is 0 Å². The van der Waals surface area contributed by atoms with Crippen LogP contribution in [0.1, 0.15) is 0 Å². The second-order valence-corrected chi connectivity index (χ2v) is 10.7. The van der Waals surface area contributed by atoms with Crippen molar-refractivity contribution < 1.29 is 0 Å². The van der Waals surface area contributed by atoms with Gasteiger partial charge in [-0.2, -0.15) is 0 Å². The summed E-state index contributed by atoms with van der Waals surface area (Å²) in [4.78, 5) is 12.4. The van der Waals surface area contributed by atoms with Gasteiger partial charge in [0.1, 0.15) is 11.6 Å². The molecule has 0 amide bonds. The van der Waals surface area contributed by atoms with E-state index in [0.717, 1.165) is 45.5 Å². The van der Waals surface area contributed by atoms with Crippen molar-refractivity contribution in [3.63, 3.8) is 0 Å². The molecule has 8 aromatic rings. The molecular weight excluding hydrogens is 536 g/mol. The quantitative estimate of drug-likeness (QED) is 0.201. The Kier molecular flexibility index (Phi) is 6.43. The summed E-state index contributed by atoms with van der Waals surface area (Å²) in [5.41, 5.74) is 8.42. The number of nitrogens with zero attached hydrogens (tertiary/aromatic N) is 4. The molecule has 0 aliphatic carbocycles. The summed E-state index contributed by atoms with van der Waals surface area (Å²) in [5, 5.41) is 2.50. The number of anilines is 3. The average Bonchev–Trinajstić information content (AvgIpc) is 3.44. The molecule has 5 aromatic carbocycles. The zero-order valence-corrected chi connectivity index (χ0v) is 24.0. The normalized spacial score (nSPS) is 11.2. The van der Waals surface area contributed by atoms with E-state index in [0.29, 0.717) is 0 Å². The monoisotopic (exact) mass is 564 g/mol. The van der Waals surface area contributed by atoms with Gasteiger partial charge in [0, 0.05) is 33.3 Å². The molecule has 0 spiro atoms. The predicted octanol–water partition coefficient (Wildman–Crippen LogP) is 10.4. The van der Waals surface area contributed by atoms with Crippen LogP contribution in [-0.2, 0) is 0 Å². The second-order valence-electron chi connectivity index (χ2n) is 10.7. The molecule has 0 atom stereocenters. The van der Waals surface area contributed by atoms with E-state index in [2.05, 4.69) is 131 Å². The van der Waals surface area contributed by atoms with Crippen LogP contribution in [0.5, 0.6) is 0 Å². The molecule has 4 nitrogen and oxygen atoms in total. The lowest BCUT2D eigenvalue weighted by Gasteiger charge is -2.24. The third kappa shape index (κ3) is 4.59. The standard InChI is InChI=1S/C40H28N4/c1-3-13-29(14-4-1)35-19-11-23-39(41-35)44(40-24-12-20-36(42-40)30-15-5-2-6-16-30)32-27-25-31(26-28-32)43-37-21-9-7-17-33(37)34-18-8-10-22-38(34)43/h1-28H. The van der Waals surface area contributed by atoms with Crippen molar-refractivity contribution >= 4 is 39.1 Å². The van der Waals surface area contributed by atoms with Crippen molar-refractivity contribution in [1.82, 2.24) is 14.5 Å². The van der Waals surface area contributed by atoms with Crippen LogP contribution in [-0.4, -0.2) is 14.5 Å². The summed E-state index contributed by atoms with van der Waals surface area (Å²) in [6.45, 7) is 0. The maximum Gasteiger partial charge on any atom is 0.139 e. The fourth-order valence-corrected chi connectivity index (χ4v) is 5.97. The van der Waals surface area contributed by atoms with Crippen LogP contribution in [0, 0.1) is 0 Å². The molecule has 3 aromatic heterocycles. The maximum atomic E-state index is 5.13. The summed E-state index contributed by atoms with van der Waals surface area (Å²) >= 11 is 0. The molecule has 0 unspecified atom stereocenters. The van der Waals surface area contributed by atoms with Gasteiger partial charge in [-0.15, -0.1) is 0 Å². The van der Waals surface area contributed by atoms with E-state index in [1.165, 1.54) is 21.8 Å². The van der Waals surface area contributed by atoms with E-state index in [1.807, 2.05) is 48.5 Å². The third-order valence-electron chi connectivity index (χ3n) is 8.01. The number of aromatic nitrogens is 3. The van der Waals surface area contributed by atoms with Crippen LogP contribution in [0.2, 0.25) is 0 Å². The van der Waals surface area contributed by atoms with Crippen LogP contribution in [0.25, 0.3) is 50.0 Å². The lowest BCUT2D eigenvalue weighted by atomic mass is 10.1. The summed E-state index contributed by atoms with van der Waals surface area (Å²) in [7, 11) is 0. The van der Waals surface area contributed by atoms with Crippen molar-refractivity contribution in [2.75, 3.05) is 4.90 Å². The van der Waals surface area contributed by atoms with E-state index in [9.17, 15) is 0 Å². The summed E-state index contributed by atoms with van der Waals surface area (Å²) in [6.07, 6.45) is 0. The molecule has 0 radical (unpaired) electrons. The van der Waals surface area contributed by atoms with E-state index in [-0.39, 0.29) is 0 Å². The molecule has 0 saturated carbocycles. The van der Waals surface area contributed by atoms with E-state index < -0.39 is 0 Å². The first kappa shape index (κ1) is 25.7. The largest absolute Gasteiger partial charge is 0.309 e. The zero-order chi connectivity index (χ0) is 29.3. The van der Waals surface area contributed by atoms with E-state index >= 15 is 0 Å². The van der Waals surface area contributed by atoms with Gasteiger partial charge < -0.3 is 4.57 Å². The highest BCUT2D eigenvalue weighted by molar-refractivity contribution is 6.09. The minimum absolute atomic E-state index is 0.800. The smallest absolute Gasteiger partial charge is 0.139 e. The highest BCUT2D eigenvalue weighted by Gasteiger charge is 2.18. The summed E-state index contributed by atoms with van der Waals surface area (Å²) < 4.78 is 2.33. The van der Waals surface area contributed by atoms with E-state index in [4.69, 9.17) is 9.97 Å². The Balaban J connectivity index is 1.27. The lowest BCUT2D eigenvalue weighted by Crippen LogP contribution is -2.13. The van der Waals surface area contributed by atoms with Crippen LogP contribution in [0.3, 0.4) is 0 Å². The topological polar surface area (TPSA) is 34.0 Å². The first-order chi connectivity index (χ1) is 21.8. The molecule has 8 rings (SSSR count). The fraction of sp³-hybridized carbons (Fsp3) is 0. The van der Waals surface area contributed by atoms with Gasteiger partial charge in [-0.3, -0.25) is 4.90 Å². The van der Waals surface area contributed by atoms with Crippen molar-refractivity contribution in [2.24, 2.45) is 0 Å². The Morgan fingerprint density at radius 2 is 0.841 bits per heavy atom. The molecule has 208 valence electrons. The first-order valence-corrected chi connectivity index (χ1v) is 14.8. The molecule has 0 aliphatic heterocycles. The number of hydrogen-bond acceptors (Lipinski definition) is 3. The molecule has 3 heterocycles. The first-order valence-electron chi connectivity index (χ1n) is 14.8. The SMILES string of the molecule is c1ccc(-c2cccc(N(c3ccc(-n4c5ccccc5c5ccccc54)cc3)c3cccc(-c4ccccc4)n3)n2)cc1. The predicted molar refractivity (Wildman–Crippen MR) is 182 cm³/mol. The number of benzene rings is 5. The number of rotatable bonds is 6. The van der Waals surface area contributed by atoms with Crippen molar-refractivity contribution in [3.05, 3.63) is 170 Å². The number of pyridine rings is 2. The van der Waals surface area contributed by atoms with Crippen LogP contribution >= 0.6 is 0 Å². The fourth-order valence-electron chi connectivity index (χ4n) is 5.97. The maximum absolute atomic E-state index is 5.13. The van der Waals surface area contributed by atoms with Crippen molar-refractivity contribution in [3.8, 4) is 28.2 Å². The zero-order valence-electron chi connectivity index (χ0n) is 24.0. The summed E-state index contributed by atoms with van der Waals surface area (Å²) in [6, 6.07) is 58.8. The molecule has 44 heavy (non-hydrogen) atoms. The molecular formula is C40H28N4. The second kappa shape index (κ2) is 11.0. The van der Waals surface area contributed by atoms with Gasteiger partial charge in [-0.1, -0.05) is 109 Å². The van der Waals surface area contributed by atoms with E-state index in [1.54, 1.807) is 0 Å². The Labute approximate surface area is 256 Å². The molecule has 0 bridgehead atoms. The van der Waals surface area contributed by atoms with Crippen LogP contribution in [0.4, 0.5) is 17.3 Å². The molecule has 4 heteroatoms. The highest BCUT2D eigenvalue weighted by atomic mass is 15.2.